The smallest absolute Gasteiger partial charge is 0.0702 e. The third-order valence-electron chi connectivity index (χ3n) is 2.18. The second kappa shape index (κ2) is 5.18. The third-order valence-corrected chi connectivity index (χ3v) is 2.18. The van der Waals surface area contributed by atoms with Crippen molar-refractivity contribution in [1.82, 2.24) is 4.90 Å². The van der Waals surface area contributed by atoms with Crippen LogP contribution in [0.15, 0.2) is 0 Å². The third kappa shape index (κ3) is 3.25. The van der Waals surface area contributed by atoms with Crippen LogP contribution >= 0.6 is 0 Å². The number of ether oxygens (including phenoxy) is 1. The van der Waals surface area contributed by atoms with E-state index in [-0.39, 0.29) is 0 Å². The summed E-state index contributed by atoms with van der Waals surface area (Å²) in [5.41, 5.74) is 0. The molecule has 0 aromatic rings. The van der Waals surface area contributed by atoms with Crippen LogP contribution in [0.25, 0.3) is 0 Å². The molecule has 0 N–H and O–H groups in total. The lowest BCUT2D eigenvalue weighted by molar-refractivity contribution is 0.0819. The van der Waals surface area contributed by atoms with Gasteiger partial charge in [-0.25, -0.2) is 0 Å². The Hall–Kier alpha value is -0.520. The maximum Gasteiger partial charge on any atom is 0.0702 e. The highest BCUT2D eigenvalue weighted by molar-refractivity contribution is 4.84. The minimum Gasteiger partial charge on any atom is -0.377 e. The Morgan fingerprint density at radius 3 is 3.08 bits per heavy atom. The van der Waals surface area contributed by atoms with Gasteiger partial charge in [-0.05, 0) is 19.9 Å². The lowest BCUT2D eigenvalue weighted by Crippen LogP contribution is -2.29. The molecule has 1 unspecified atom stereocenters. The normalized spacial score (nSPS) is 22.9. The molecule has 0 spiro atoms. The topological polar surface area (TPSA) is 12.5 Å². The van der Waals surface area contributed by atoms with Gasteiger partial charge >= 0.3 is 0 Å². The first-order valence-electron chi connectivity index (χ1n) is 4.56. The van der Waals surface area contributed by atoms with Crippen molar-refractivity contribution in [3.8, 4) is 12.3 Å². The Kier molecular flexibility index (Phi) is 4.13. The molecule has 0 bridgehead atoms. The van der Waals surface area contributed by atoms with Crippen molar-refractivity contribution < 1.29 is 4.74 Å². The van der Waals surface area contributed by atoms with Crippen LogP contribution in [-0.4, -0.2) is 37.7 Å². The van der Waals surface area contributed by atoms with E-state index in [0.717, 1.165) is 26.1 Å². The summed E-state index contributed by atoms with van der Waals surface area (Å²) in [7, 11) is 2.10. The Labute approximate surface area is 74.9 Å². The average molecular weight is 167 g/mol. The van der Waals surface area contributed by atoms with E-state index in [1.54, 1.807) is 0 Å². The molecule has 0 aliphatic carbocycles. The van der Waals surface area contributed by atoms with Gasteiger partial charge in [0.15, 0.2) is 0 Å². The SMILES string of the molecule is C#CCCN(C)CC1CCCO1. The fourth-order valence-corrected chi connectivity index (χ4v) is 1.48. The van der Waals surface area contributed by atoms with Gasteiger partial charge in [0.05, 0.1) is 6.10 Å². The molecule has 1 saturated heterocycles. The van der Waals surface area contributed by atoms with E-state index >= 15 is 0 Å². The first kappa shape index (κ1) is 9.57. The number of hydrogen-bond donors (Lipinski definition) is 0. The monoisotopic (exact) mass is 167 g/mol. The van der Waals surface area contributed by atoms with E-state index < -0.39 is 0 Å². The molecular formula is C10H17NO. The predicted octanol–water partition coefficient (Wildman–Crippen LogP) is 1.12. The zero-order valence-electron chi connectivity index (χ0n) is 7.75. The maximum absolute atomic E-state index is 5.51. The van der Waals surface area contributed by atoms with Crippen molar-refractivity contribution in [3.05, 3.63) is 0 Å². The molecule has 2 nitrogen and oxygen atoms in total. The summed E-state index contributed by atoms with van der Waals surface area (Å²) in [6.07, 6.45) is 8.89. The molecule has 1 aliphatic heterocycles. The fourth-order valence-electron chi connectivity index (χ4n) is 1.48. The highest BCUT2D eigenvalue weighted by Gasteiger charge is 2.16. The molecule has 0 aromatic heterocycles. The molecule has 0 aromatic carbocycles. The zero-order chi connectivity index (χ0) is 8.81. The maximum atomic E-state index is 5.51. The predicted molar refractivity (Wildman–Crippen MR) is 49.9 cm³/mol. The summed E-state index contributed by atoms with van der Waals surface area (Å²) >= 11 is 0. The summed E-state index contributed by atoms with van der Waals surface area (Å²) in [6.45, 7) is 2.95. The van der Waals surface area contributed by atoms with Gasteiger partial charge in [0.2, 0.25) is 0 Å². The van der Waals surface area contributed by atoms with Gasteiger partial charge in [-0.2, -0.15) is 0 Å². The molecule has 0 radical (unpaired) electrons. The standard InChI is InChI=1S/C10H17NO/c1-3-4-7-11(2)9-10-6-5-8-12-10/h1,10H,4-9H2,2H3. The van der Waals surface area contributed by atoms with Crippen molar-refractivity contribution in [3.63, 3.8) is 0 Å². The van der Waals surface area contributed by atoms with Crippen LogP contribution in [0.4, 0.5) is 0 Å². The van der Waals surface area contributed by atoms with Crippen LogP contribution in [0.1, 0.15) is 19.3 Å². The number of hydrogen-bond acceptors (Lipinski definition) is 2. The summed E-state index contributed by atoms with van der Waals surface area (Å²) < 4.78 is 5.51. The molecular weight excluding hydrogens is 150 g/mol. The lowest BCUT2D eigenvalue weighted by Gasteiger charge is -2.18. The lowest BCUT2D eigenvalue weighted by atomic mass is 10.2. The molecule has 12 heavy (non-hydrogen) atoms. The Balaban J connectivity index is 2.08. The van der Waals surface area contributed by atoms with E-state index in [0.29, 0.717) is 6.10 Å². The van der Waals surface area contributed by atoms with Gasteiger partial charge in [0, 0.05) is 26.1 Å². The van der Waals surface area contributed by atoms with E-state index in [1.165, 1.54) is 12.8 Å². The average Bonchev–Trinajstić information content (AvgIpc) is 2.53. The quantitative estimate of drug-likeness (QED) is 0.582. The molecule has 2 heteroatoms. The van der Waals surface area contributed by atoms with E-state index in [9.17, 15) is 0 Å². The molecule has 1 heterocycles. The minimum atomic E-state index is 0.452. The van der Waals surface area contributed by atoms with Crippen molar-refractivity contribution in [1.29, 1.82) is 0 Å². The van der Waals surface area contributed by atoms with Gasteiger partial charge in [0.25, 0.3) is 0 Å². The summed E-state index contributed by atoms with van der Waals surface area (Å²) in [6, 6.07) is 0. The van der Waals surface area contributed by atoms with Gasteiger partial charge < -0.3 is 9.64 Å². The Morgan fingerprint density at radius 2 is 2.50 bits per heavy atom. The van der Waals surface area contributed by atoms with Crippen LogP contribution in [0.3, 0.4) is 0 Å². The van der Waals surface area contributed by atoms with E-state index in [4.69, 9.17) is 11.2 Å². The largest absolute Gasteiger partial charge is 0.377 e. The van der Waals surface area contributed by atoms with Gasteiger partial charge in [0.1, 0.15) is 0 Å². The molecule has 68 valence electrons. The Morgan fingerprint density at radius 1 is 1.67 bits per heavy atom. The molecule has 1 fully saturated rings. The molecule has 1 aliphatic rings. The van der Waals surface area contributed by atoms with Crippen LogP contribution in [0.2, 0.25) is 0 Å². The summed E-state index contributed by atoms with van der Waals surface area (Å²) in [4.78, 5) is 2.25. The highest BCUT2D eigenvalue weighted by atomic mass is 16.5. The highest BCUT2D eigenvalue weighted by Crippen LogP contribution is 2.12. The number of rotatable bonds is 4. The second-order valence-electron chi connectivity index (χ2n) is 3.35. The number of likely N-dealkylation sites (N-methyl/N-ethyl adjacent to an activating group) is 1. The molecule has 0 saturated carbocycles. The van der Waals surface area contributed by atoms with Crippen LogP contribution < -0.4 is 0 Å². The summed E-state index contributed by atoms with van der Waals surface area (Å²) in [5, 5.41) is 0. The van der Waals surface area contributed by atoms with Crippen LogP contribution in [0, 0.1) is 12.3 Å². The Bertz CT molecular complexity index is 156. The van der Waals surface area contributed by atoms with Crippen molar-refractivity contribution >= 4 is 0 Å². The molecule has 1 atom stereocenters. The molecule has 0 amide bonds. The van der Waals surface area contributed by atoms with Crippen LogP contribution in [0.5, 0.6) is 0 Å². The fraction of sp³-hybridized carbons (Fsp3) is 0.800. The molecule has 1 rings (SSSR count). The van der Waals surface area contributed by atoms with E-state index in [2.05, 4.69) is 17.9 Å². The van der Waals surface area contributed by atoms with Crippen molar-refractivity contribution in [2.75, 3.05) is 26.7 Å². The number of terminal acetylenes is 1. The zero-order valence-corrected chi connectivity index (χ0v) is 7.75. The van der Waals surface area contributed by atoms with Gasteiger partial charge in [-0.15, -0.1) is 12.3 Å². The van der Waals surface area contributed by atoms with Crippen molar-refractivity contribution in [2.24, 2.45) is 0 Å². The first-order chi connectivity index (χ1) is 5.83. The number of nitrogens with zero attached hydrogens (tertiary/aromatic N) is 1. The summed E-state index contributed by atoms with van der Waals surface area (Å²) in [5.74, 6) is 2.64. The van der Waals surface area contributed by atoms with Crippen LogP contribution in [-0.2, 0) is 4.74 Å². The van der Waals surface area contributed by atoms with E-state index in [1.807, 2.05) is 0 Å². The van der Waals surface area contributed by atoms with Crippen molar-refractivity contribution in [2.45, 2.75) is 25.4 Å². The van der Waals surface area contributed by atoms with Gasteiger partial charge in [-0.3, -0.25) is 0 Å². The second-order valence-corrected chi connectivity index (χ2v) is 3.35. The minimum absolute atomic E-state index is 0.452. The first-order valence-corrected chi connectivity index (χ1v) is 4.56. The van der Waals surface area contributed by atoms with Gasteiger partial charge in [-0.1, -0.05) is 0 Å².